The Labute approximate surface area is 172 Å². The molecular formula is C22H20N4O2S. The first-order chi connectivity index (χ1) is 14.0. The van der Waals surface area contributed by atoms with Crippen molar-refractivity contribution in [3.63, 3.8) is 0 Å². The highest BCUT2D eigenvalue weighted by atomic mass is 32.1. The van der Waals surface area contributed by atoms with E-state index in [2.05, 4.69) is 32.7 Å². The topological polar surface area (TPSA) is 80.9 Å². The first-order valence-electron chi connectivity index (χ1n) is 9.31. The van der Waals surface area contributed by atoms with Crippen LogP contribution in [0.25, 0.3) is 34.1 Å². The van der Waals surface area contributed by atoms with Crippen LogP contribution in [0.4, 0.5) is 5.69 Å². The predicted molar refractivity (Wildman–Crippen MR) is 115 cm³/mol. The molecule has 1 N–H and O–H groups in total. The predicted octanol–water partition coefficient (Wildman–Crippen LogP) is 5.36. The van der Waals surface area contributed by atoms with Crippen molar-refractivity contribution >= 4 is 22.9 Å². The van der Waals surface area contributed by atoms with E-state index in [1.54, 1.807) is 11.3 Å². The number of hydrogen-bond acceptors (Lipinski definition) is 6. The van der Waals surface area contributed by atoms with E-state index in [0.717, 1.165) is 45.1 Å². The molecule has 2 aromatic carbocycles. The van der Waals surface area contributed by atoms with E-state index in [4.69, 9.17) is 4.52 Å². The van der Waals surface area contributed by atoms with Crippen LogP contribution in [-0.4, -0.2) is 21.0 Å². The van der Waals surface area contributed by atoms with E-state index in [1.807, 2.05) is 49.4 Å². The van der Waals surface area contributed by atoms with Gasteiger partial charge in [0.2, 0.25) is 11.7 Å². The summed E-state index contributed by atoms with van der Waals surface area (Å²) < 4.78 is 5.45. The lowest BCUT2D eigenvalue weighted by molar-refractivity contribution is -0.114. The molecule has 0 aliphatic rings. The van der Waals surface area contributed by atoms with Gasteiger partial charge in [-0.3, -0.25) is 4.79 Å². The minimum atomic E-state index is -0.122. The number of aromatic nitrogens is 3. The second-order valence-electron chi connectivity index (χ2n) is 6.69. The van der Waals surface area contributed by atoms with Crippen LogP contribution in [-0.2, 0) is 11.2 Å². The maximum absolute atomic E-state index is 11.4. The standard InChI is InChI=1S/C22H20N4O2S/c1-4-20-24-19(12-29-20)15-7-9-16(10-8-15)21-25-22(28-26-21)17-6-5-13(2)18(11-17)23-14(3)27/h5-12H,4H2,1-3H3,(H,23,27). The van der Waals surface area contributed by atoms with E-state index in [0.29, 0.717) is 11.7 Å². The Hall–Kier alpha value is -3.32. The highest BCUT2D eigenvalue weighted by molar-refractivity contribution is 7.09. The van der Waals surface area contributed by atoms with Gasteiger partial charge in [-0.1, -0.05) is 42.4 Å². The molecule has 0 bridgehead atoms. The molecule has 0 unspecified atom stereocenters. The van der Waals surface area contributed by atoms with Gasteiger partial charge in [0.25, 0.3) is 5.89 Å². The molecule has 0 aliphatic heterocycles. The molecular weight excluding hydrogens is 384 g/mol. The quantitative estimate of drug-likeness (QED) is 0.484. The van der Waals surface area contributed by atoms with Crippen molar-refractivity contribution in [2.75, 3.05) is 5.32 Å². The number of nitrogens with one attached hydrogen (secondary N) is 1. The summed E-state index contributed by atoms with van der Waals surface area (Å²) in [4.78, 5) is 20.5. The average Bonchev–Trinajstić information content (AvgIpc) is 3.39. The fourth-order valence-corrected chi connectivity index (χ4v) is 3.69. The Morgan fingerprint density at radius 2 is 1.79 bits per heavy atom. The highest BCUT2D eigenvalue weighted by Crippen LogP contribution is 2.28. The monoisotopic (exact) mass is 404 g/mol. The second-order valence-corrected chi connectivity index (χ2v) is 7.63. The van der Waals surface area contributed by atoms with Crippen LogP contribution in [0.5, 0.6) is 0 Å². The molecule has 7 heteroatoms. The number of benzene rings is 2. The first kappa shape index (κ1) is 19.0. The summed E-state index contributed by atoms with van der Waals surface area (Å²) in [5, 5.41) is 10.1. The number of amides is 1. The second kappa shape index (κ2) is 7.97. The van der Waals surface area contributed by atoms with Crippen molar-refractivity contribution in [3.8, 4) is 34.1 Å². The van der Waals surface area contributed by atoms with Crippen molar-refractivity contribution in [1.82, 2.24) is 15.1 Å². The minimum absolute atomic E-state index is 0.122. The zero-order valence-electron chi connectivity index (χ0n) is 16.4. The lowest BCUT2D eigenvalue weighted by atomic mass is 10.1. The molecule has 0 spiro atoms. The molecule has 0 radical (unpaired) electrons. The summed E-state index contributed by atoms with van der Waals surface area (Å²) >= 11 is 1.67. The normalized spacial score (nSPS) is 10.9. The molecule has 0 fully saturated rings. The summed E-state index contributed by atoms with van der Waals surface area (Å²) in [6, 6.07) is 13.6. The number of thiazole rings is 1. The van der Waals surface area contributed by atoms with E-state index in [-0.39, 0.29) is 5.91 Å². The Morgan fingerprint density at radius 1 is 1.07 bits per heavy atom. The zero-order chi connectivity index (χ0) is 20.4. The largest absolute Gasteiger partial charge is 0.334 e. The third-order valence-corrected chi connectivity index (χ3v) is 5.51. The van der Waals surface area contributed by atoms with Crippen molar-refractivity contribution in [2.24, 2.45) is 0 Å². The number of anilines is 1. The van der Waals surface area contributed by atoms with Crippen LogP contribution in [0.3, 0.4) is 0 Å². The smallest absolute Gasteiger partial charge is 0.258 e. The molecule has 4 rings (SSSR count). The molecule has 6 nitrogen and oxygen atoms in total. The maximum Gasteiger partial charge on any atom is 0.258 e. The lowest BCUT2D eigenvalue weighted by Gasteiger charge is -2.07. The highest BCUT2D eigenvalue weighted by Gasteiger charge is 2.13. The molecule has 1 amide bonds. The first-order valence-corrected chi connectivity index (χ1v) is 10.2. The van der Waals surface area contributed by atoms with Gasteiger partial charge in [-0.2, -0.15) is 4.98 Å². The Morgan fingerprint density at radius 3 is 2.48 bits per heavy atom. The van der Waals surface area contributed by atoms with Gasteiger partial charge in [0.05, 0.1) is 10.7 Å². The van der Waals surface area contributed by atoms with Crippen molar-refractivity contribution < 1.29 is 9.32 Å². The van der Waals surface area contributed by atoms with E-state index < -0.39 is 0 Å². The number of rotatable bonds is 5. The molecule has 0 saturated carbocycles. The molecule has 0 saturated heterocycles. The molecule has 0 aliphatic carbocycles. The van der Waals surface area contributed by atoms with Gasteiger partial charge < -0.3 is 9.84 Å². The Balaban J connectivity index is 1.58. The minimum Gasteiger partial charge on any atom is -0.334 e. The third kappa shape index (κ3) is 4.09. The van der Waals surface area contributed by atoms with Gasteiger partial charge >= 0.3 is 0 Å². The Kier molecular flexibility index (Phi) is 5.22. The van der Waals surface area contributed by atoms with Crippen LogP contribution in [0, 0.1) is 6.92 Å². The van der Waals surface area contributed by atoms with Crippen LogP contribution in [0.15, 0.2) is 52.4 Å². The molecule has 4 aromatic rings. The van der Waals surface area contributed by atoms with Crippen LogP contribution in [0.1, 0.15) is 24.4 Å². The van der Waals surface area contributed by atoms with Crippen LogP contribution in [0.2, 0.25) is 0 Å². The SMILES string of the molecule is CCc1nc(-c2ccc(-c3noc(-c4ccc(C)c(NC(C)=O)c4)n3)cc2)cs1. The van der Waals surface area contributed by atoms with Gasteiger partial charge in [-0.15, -0.1) is 11.3 Å². The van der Waals surface area contributed by atoms with E-state index in [9.17, 15) is 4.79 Å². The fourth-order valence-electron chi connectivity index (χ4n) is 2.93. The lowest BCUT2D eigenvalue weighted by Crippen LogP contribution is -2.07. The van der Waals surface area contributed by atoms with Gasteiger partial charge in [0.15, 0.2) is 0 Å². The van der Waals surface area contributed by atoms with Gasteiger partial charge in [-0.05, 0) is 31.0 Å². The van der Waals surface area contributed by atoms with Gasteiger partial charge in [0, 0.05) is 34.7 Å². The molecule has 2 aromatic heterocycles. The number of aryl methyl sites for hydroxylation is 2. The van der Waals surface area contributed by atoms with E-state index >= 15 is 0 Å². The summed E-state index contributed by atoms with van der Waals surface area (Å²) in [5.74, 6) is 0.797. The summed E-state index contributed by atoms with van der Waals surface area (Å²) in [6.07, 6.45) is 0.942. The fraction of sp³-hybridized carbons (Fsp3) is 0.182. The number of carbonyl (C=O) groups excluding carboxylic acids is 1. The summed E-state index contributed by atoms with van der Waals surface area (Å²) in [5.41, 5.74) is 5.36. The van der Waals surface area contributed by atoms with Crippen LogP contribution >= 0.6 is 11.3 Å². The average molecular weight is 404 g/mol. The van der Waals surface area contributed by atoms with Crippen molar-refractivity contribution in [2.45, 2.75) is 27.2 Å². The molecule has 0 atom stereocenters. The van der Waals surface area contributed by atoms with Crippen molar-refractivity contribution in [3.05, 3.63) is 58.4 Å². The number of hydrogen-bond donors (Lipinski definition) is 1. The zero-order valence-corrected chi connectivity index (χ0v) is 17.2. The van der Waals surface area contributed by atoms with Gasteiger partial charge in [0.1, 0.15) is 0 Å². The summed E-state index contributed by atoms with van der Waals surface area (Å²) in [7, 11) is 0. The number of carbonyl (C=O) groups is 1. The molecule has 29 heavy (non-hydrogen) atoms. The molecule has 2 heterocycles. The third-order valence-electron chi connectivity index (χ3n) is 4.51. The van der Waals surface area contributed by atoms with E-state index in [1.165, 1.54) is 6.92 Å². The number of nitrogens with zero attached hydrogens (tertiary/aromatic N) is 3. The van der Waals surface area contributed by atoms with Gasteiger partial charge in [-0.25, -0.2) is 4.98 Å². The van der Waals surface area contributed by atoms with Crippen molar-refractivity contribution in [1.29, 1.82) is 0 Å². The summed E-state index contributed by atoms with van der Waals surface area (Å²) in [6.45, 7) is 5.52. The molecule has 146 valence electrons. The van der Waals surface area contributed by atoms with Crippen LogP contribution < -0.4 is 5.32 Å². The maximum atomic E-state index is 11.4. The Bertz CT molecular complexity index is 1160.